The van der Waals surface area contributed by atoms with Crippen LogP contribution in [0.2, 0.25) is 5.02 Å². The number of benzene rings is 2. The zero-order chi connectivity index (χ0) is 16.8. The summed E-state index contributed by atoms with van der Waals surface area (Å²) in [5, 5.41) is 6.90. The van der Waals surface area contributed by atoms with Crippen molar-refractivity contribution in [1.29, 1.82) is 0 Å². The summed E-state index contributed by atoms with van der Waals surface area (Å²) in [5.74, 6) is 0.368. The predicted molar refractivity (Wildman–Crippen MR) is 98.5 cm³/mol. The van der Waals surface area contributed by atoms with Gasteiger partial charge in [-0.1, -0.05) is 55.8 Å². The van der Waals surface area contributed by atoms with Crippen molar-refractivity contribution < 1.29 is 4.79 Å². The molecule has 2 aromatic carbocycles. The van der Waals surface area contributed by atoms with Crippen molar-refractivity contribution in [2.24, 2.45) is 0 Å². The highest BCUT2D eigenvalue weighted by atomic mass is 35.5. The average Bonchev–Trinajstić information content (AvgIpc) is 2.51. The quantitative estimate of drug-likeness (QED) is 0.763. The molecule has 0 aromatic heterocycles. The van der Waals surface area contributed by atoms with E-state index in [1.165, 1.54) is 0 Å². The first-order chi connectivity index (χ1) is 11.0. The average molecular weight is 331 g/mol. The number of aryl methyl sites for hydroxylation is 1. The van der Waals surface area contributed by atoms with Gasteiger partial charge in [-0.3, -0.25) is 4.79 Å². The van der Waals surface area contributed by atoms with Crippen LogP contribution in [0, 0.1) is 6.92 Å². The van der Waals surface area contributed by atoms with Crippen LogP contribution in [0.5, 0.6) is 0 Å². The summed E-state index contributed by atoms with van der Waals surface area (Å²) >= 11 is 6.08. The molecule has 0 bridgehead atoms. The third-order valence-electron chi connectivity index (χ3n) is 3.73. The fourth-order valence-electron chi connectivity index (χ4n) is 2.46. The molecular formula is C19H23ClN2O. The number of rotatable bonds is 6. The summed E-state index contributed by atoms with van der Waals surface area (Å²) in [4.78, 5) is 12.2. The Bertz CT molecular complexity index is 683. The molecule has 0 radical (unpaired) electrons. The molecule has 0 aliphatic heterocycles. The summed E-state index contributed by atoms with van der Waals surface area (Å²) in [5.41, 5.74) is 4.03. The monoisotopic (exact) mass is 330 g/mol. The molecule has 2 N–H and O–H groups in total. The molecule has 2 rings (SSSR count). The third-order valence-corrected chi connectivity index (χ3v) is 4.06. The predicted octanol–water partition coefficient (Wildman–Crippen LogP) is 5.21. The zero-order valence-corrected chi connectivity index (χ0v) is 14.6. The van der Waals surface area contributed by atoms with Gasteiger partial charge in [-0.15, -0.1) is 0 Å². The Morgan fingerprint density at radius 1 is 1.13 bits per heavy atom. The molecule has 3 nitrogen and oxygen atoms in total. The fourth-order valence-corrected chi connectivity index (χ4v) is 2.66. The maximum Gasteiger partial charge on any atom is 0.226 e. The van der Waals surface area contributed by atoms with Crippen molar-refractivity contribution in [3.05, 3.63) is 58.6 Å². The number of carbonyl (C=O) groups is 1. The van der Waals surface area contributed by atoms with E-state index in [2.05, 4.69) is 30.5 Å². The van der Waals surface area contributed by atoms with Crippen LogP contribution in [0.3, 0.4) is 0 Å². The Morgan fingerprint density at radius 2 is 1.87 bits per heavy atom. The number of nitrogens with one attached hydrogen (secondary N) is 2. The van der Waals surface area contributed by atoms with E-state index < -0.39 is 0 Å². The molecule has 4 heteroatoms. The Hall–Kier alpha value is -2.00. The van der Waals surface area contributed by atoms with E-state index in [-0.39, 0.29) is 5.91 Å². The normalized spacial score (nSPS) is 10.7. The molecule has 0 atom stereocenters. The van der Waals surface area contributed by atoms with Gasteiger partial charge in [-0.05, 0) is 36.1 Å². The number of halogens is 1. The second-order valence-corrected chi connectivity index (χ2v) is 6.31. The molecule has 0 spiro atoms. The number of amides is 1. The molecule has 0 saturated heterocycles. The lowest BCUT2D eigenvalue weighted by Gasteiger charge is -2.16. The van der Waals surface area contributed by atoms with Crippen molar-refractivity contribution in [3.8, 4) is 0 Å². The molecular weight excluding hydrogens is 308 g/mol. The van der Waals surface area contributed by atoms with Gasteiger partial charge in [-0.25, -0.2) is 0 Å². The Labute approximate surface area is 143 Å². The molecule has 2 aromatic rings. The highest BCUT2D eigenvalue weighted by Gasteiger charge is 2.11. The molecule has 1 amide bonds. The summed E-state index contributed by atoms with van der Waals surface area (Å²) in [7, 11) is 0. The van der Waals surface area contributed by atoms with Gasteiger partial charge in [-0.2, -0.15) is 0 Å². The van der Waals surface area contributed by atoms with Crippen LogP contribution < -0.4 is 10.6 Å². The van der Waals surface area contributed by atoms with Gasteiger partial charge in [0.15, 0.2) is 0 Å². The summed E-state index contributed by atoms with van der Waals surface area (Å²) in [6.07, 6.45) is 0.386. The van der Waals surface area contributed by atoms with E-state index in [4.69, 9.17) is 11.6 Å². The molecule has 0 heterocycles. The second kappa shape index (κ2) is 8.02. The SMILES string of the molecule is Cc1cccc(C(C)C)c1NC(=O)CCNc1ccccc1Cl. The maximum atomic E-state index is 12.2. The highest BCUT2D eigenvalue weighted by molar-refractivity contribution is 6.33. The van der Waals surface area contributed by atoms with Gasteiger partial charge >= 0.3 is 0 Å². The van der Waals surface area contributed by atoms with E-state index in [0.29, 0.717) is 23.9 Å². The maximum absolute atomic E-state index is 12.2. The van der Waals surface area contributed by atoms with Gasteiger partial charge in [0.1, 0.15) is 0 Å². The van der Waals surface area contributed by atoms with Crippen LogP contribution in [0.15, 0.2) is 42.5 Å². The van der Waals surface area contributed by atoms with Gasteiger partial charge in [0.2, 0.25) is 5.91 Å². The molecule has 0 aliphatic carbocycles. The minimum atomic E-state index is 0.000698. The van der Waals surface area contributed by atoms with E-state index in [1.54, 1.807) is 0 Å². The first-order valence-electron chi connectivity index (χ1n) is 7.86. The van der Waals surface area contributed by atoms with Crippen molar-refractivity contribution in [1.82, 2.24) is 0 Å². The lowest BCUT2D eigenvalue weighted by atomic mass is 9.98. The number of hydrogen-bond acceptors (Lipinski definition) is 2. The third kappa shape index (κ3) is 4.73. The number of carbonyl (C=O) groups excluding carboxylic acids is 1. The second-order valence-electron chi connectivity index (χ2n) is 5.90. The molecule has 0 fully saturated rings. The standard InChI is InChI=1S/C19H23ClN2O/c1-13(2)15-8-6-7-14(3)19(15)22-18(23)11-12-21-17-10-5-4-9-16(17)20/h4-10,13,21H,11-12H2,1-3H3,(H,22,23). The fraction of sp³-hybridized carbons (Fsp3) is 0.316. The van der Waals surface area contributed by atoms with Crippen molar-refractivity contribution >= 4 is 28.9 Å². The summed E-state index contributed by atoms with van der Waals surface area (Å²) in [6, 6.07) is 13.6. The Morgan fingerprint density at radius 3 is 2.57 bits per heavy atom. The van der Waals surface area contributed by atoms with Crippen molar-refractivity contribution in [2.45, 2.75) is 33.1 Å². The number of anilines is 2. The van der Waals surface area contributed by atoms with Crippen LogP contribution in [-0.4, -0.2) is 12.5 Å². The van der Waals surface area contributed by atoms with E-state index in [1.807, 2.05) is 43.3 Å². The van der Waals surface area contributed by atoms with Gasteiger partial charge < -0.3 is 10.6 Å². The lowest BCUT2D eigenvalue weighted by Crippen LogP contribution is -2.18. The van der Waals surface area contributed by atoms with Gasteiger partial charge in [0, 0.05) is 18.7 Å². The molecule has 0 unspecified atom stereocenters. The number of hydrogen-bond donors (Lipinski definition) is 2. The molecule has 0 saturated carbocycles. The topological polar surface area (TPSA) is 41.1 Å². The van der Waals surface area contributed by atoms with Gasteiger partial charge in [0.05, 0.1) is 10.7 Å². The van der Waals surface area contributed by atoms with Gasteiger partial charge in [0.25, 0.3) is 0 Å². The lowest BCUT2D eigenvalue weighted by molar-refractivity contribution is -0.115. The minimum Gasteiger partial charge on any atom is -0.383 e. The van der Waals surface area contributed by atoms with E-state index in [0.717, 1.165) is 22.5 Å². The minimum absolute atomic E-state index is 0.000698. The highest BCUT2D eigenvalue weighted by Crippen LogP contribution is 2.27. The first-order valence-corrected chi connectivity index (χ1v) is 8.24. The Kier molecular flexibility index (Phi) is 6.05. The van der Waals surface area contributed by atoms with Crippen LogP contribution in [0.4, 0.5) is 11.4 Å². The van der Waals surface area contributed by atoms with Crippen molar-refractivity contribution in [3.63, 3.8) is 0 Å². The molecule has 122 valence electrons. The van der Waals surface area contributed by atoms with Crippen LogP contribution >= 0.6 is 11.6 Å². The van der Waals surface area contributed by atoms with E-state index in [9.17, 15) is 4.79 Å². The van der Waals surface area contributed by atoms with Crippen LogP contribution in [0.25, 0.3) is 0 Å². The molecule has 23 heavy (non-hydrogen) atoms. The largest absolute Gasteiger partial charge is 0.383 e. The molecule has 0 aliphatic rings. The van der Waals surface area contributed by atoms with Crippen LogP contribution in [0.1, 0.15) is 37.3 Å². The summed E-state index contributed by atoms with van der Waals surface area (Å²) in [6.45, 7) is 6.81. The van der Waals surface area contributed by atoms with E-state index >= 15 is 0 Å². The Balaban J connectivity index is 1.94. The van der Waals surface area contributed by atoms with Crippen LogP contribution in [-0.2, 0) is 4.79 Å². The number of para-hydroxylation sites is 2. The first kappa shape index (κ1) is 17.4. The smallest absolute Gasteiger partial charge is 0.226 e. The zero-order valence-electron chi connectivity index (χ0n) is 13.8. The van der Waals surface area contributed by atoms with Crippen molar-refractivity contribution in [2.75, 3.05) is 17.2 Å². The summed E-state index contributed by atoms with van der Waals surface area (Å²) < 4.78 is 0.